The van der Waals surface area contributed by atoms with Gasteiger partial charge in [-0.3, -0.25) is 19.2 Å². The van der Waals surface area contributed by atoms with Crippen LogP contribution in [-0.2, 0) is 33.4 Å². The summed E-state index contributed by atoms with van der Waals surface area (Å²) in [7, 11) is 0. The van der Waals surface area contributed by atoms with Crippen LogP contribution in [0.4, 0.5) is 0 Å². The summed E-state index contributed by atoms with van der Waals surface area (Å²) < 4.78 is 15.5. The zero-order valence-electron chi connectivity index (χ0n) is 17.8. The van der Waals surface area contributed by atoms with E-state index in [1.165, 1.54) is 6.92 Å². The molecule has 1 aliphatic carbocycles. The van der Waals surface area contributed by atoms with Crippen molar-refractivity contribution >= 4 is 23.7 Å². The van der Waals surface area contributed by atoms with Gasteiger partial charge in [-0.05, 0) is 47.0 Å². The molecule has 0 bridgehead atoms. The van der Waals surface area contributed by atoms with Gasteiger partial charge < -0.3 is 14.2 Å². The summed E-state index contributed by atoms with van der Waals surface area (Å²) in [5.41, 5.74) is -1.66. The molecule has 1 unspecified atom stereocenters. The summed E-state index contributed by atoms with van der Waals surface area (Å²) in [4.78, 5) is 50.3. The van der Waals surface area contributed by atoms with Crippen LogP contribution in [0.25, 0.3) is 0 Å². The van der Waals surface area contributed by atoms with E-state index in [2.05, 4.69) is 11.8 Å². The monoisotopic (exact) mass is 406 g/mol. The standard InChI is InChI=1S/C22H30O7/c1-6-10-13-22(20(25)28-8-3,21(26)29-9-4)17-12-11-16(14-17)18(15(5)23)19(24)27-7-2/h11-12,16-18H,7-9,13-14H2,1-5H3/t16-,17+,18?/m1/s1. The predicted molar refractivity (Wildman–Crippen MR) is 105 cm³/mol. The SMILES string of the molecule is CC#CCC(C(=O)OCC)(C(=O)OCC)[C@H]1C=C[C@@H](C(C(C)=O)C(=O)OCC)C1. The maximum absolute atomic E-state index is 12.9. The number of hydrogen-bond donors (Lipinski definition) is 0. The maximum atomic E-state index is 12.9. The Balaban J connectivity index is 3.32. The second kappa shape index (κ2) is 11.4. The Morgan fingerprint density at radius 1 is 1.00 bits per heavy atom. The van der Waals surface area contributed by atoms with E-state index >= 15 is 0 Å². The van der Waals surface area contributed by atoms with Crippen LogP contribution in [0.15, 0.2) is 12.2 Å². The number of hydrogen-bond acceptors (Lipinski definition) is 7. The Morgan fingerprint density at radius 3 is 2.00 bits per heavy atom. The number of allylic oxidation sites excluding steroid dienone is 2. The highest BCUT2D eigenvalue weighted by Crippen LogP contribution is 2.45. The average Bonchev–Trinajstić information content (AvgIpc) is 3.12. The Morgan fingerprint density at radius 2 is 1.55 bits per heavy atom. The fourth-order valence-electron chi connectivity index (χ4n) is 3.62. The molecule has 7 heteroatoms. The van der Waals surface area contributed by atoms with Crippen molar-refractivity contribution in [2.45, 2.75) is 47.5 Å². The van der Waals surface area contributed by atoms with Crippen molar-refractivity contribution in [2.24, 2.45) is 23.2 Å². The van der Waals surface area contributed by atoms with Gasteiger partial charge in [0.15, 0.2) is 5.41 Å². The zero-order valence-corrected chi connectivity index (χ0v) is 17.8. The summed E-state index contributed by atoms with van der Waals surface area (Å²) in [6.07, 6.45) is 3.53. The largest absolute Gasteiger partial charge is 0.465 e. The van der Waals surface area contributed by atoms with Gasteiger partial charge in [-0.25, -0.2) is 0 Å². The number of esters is 3. The predicted octanol–water partition coefficient (Wildman–Crippen LogP) is 2.47. The molecule has 0 saturated carbocycles. The van der Waals surface area contributed by atoms with Crippen LogP contribution in [0.5, 0.6) is 0 Å². The Hall–Kier alpha value is -2.62. The van der Waals surface area contributed by atoms with Crippen LogP contribution < -0.4 is 0 Å². The fraction of sp³-hybridized carbons (Fsp3) is 0.636. The van der Waals surface area contributed by atoms with Crippen LogP contribution in [0.3, 0.4) is 0 Å². The molecule has 0 saturated heterocycles. The second-order valence-corrected chi connectivity index (χ2v) is 6.75. The number of rotatable bonds is 10. The van der Waals surface area contributed by atoms with Crippen molar-refractivity contribution in [3.63, 3.8) is 0 Å². The van der Waals surface area contributed by atoms with Crippen LogP contribution in [-0.4, -0.2) is 43.5 Å². The van der Waals surface area contributed by atoms with Crippen LogP contribution in [0.2, 0.25) is 0 Å². The molecule has 1 aliphatic rings. The van der Waals surface area contributed by atoms with E-state index in [9.17, 15) is 19.2 Å². The molecular weight excluding hydrogens is 376 g/mol. The van der Waals surface area contributed by atoms with Gasteiger partial charge in [0.05, 0.1) is 19.8 Å². The second-order valence-electron chi connectivity index (χ2n) is 6.75. The molecule has 0 heterocycles. The van der Waals surface area contributed by atoms with Crippen LogP contribution in [0.1, 0.15) is 47.5 Å². The quantitative estimate of drug-likeness (QED) is 0.181. The number of ether oxygens (including phenoxy) is 3. The van der Waals surface area contributed by atoms with Crippen molar-refractivity contribution < 1.29 is 33.4 Å². The van der Waals surface area contributed by atoms with Gasteiger partial charge in [0.2, 0.25) is 0 Å². The first-order valence-corrected chi connectivity index (χ1v) is 9.89. The Kier molecular flexibility index (Phi) is 9.60. The molecule has 29 heavy (non-hydrogen) atoms. The third-order valence-electron chi connectivity index (χ3n) is 4.98. The van der Waals surface area contributed by atoms with Gasteiger partial charge in [0.25, 0.3) is 0 Å². The highest BCUT2D eigenvalue weighted by Gasteiger charge is 2.56. The molecule has 0 aliphatic heterocycles. The minimum absolute atomic E-state index is 0.0764. The molecule has 0 aromatic heterocycles. The van der Waals surface area contributed by atoms with Crippen molar-refractivity contribution in [3.8, 4) is 11.8 Å². The summed E-state index contributed by atoms with van der Waals surface area (Å²) in [6, 6.07) is 0. The molecule has 0 radical (unpaired) electrons. The molecule has 3 atom stereocenters. The van der Waals surface area contributed by atoms with Crippen LogP contribution >= 0.6 is 0 Å². The van der Waals surface area contributed by atoms with E-state index in [1.54, 1.807) is 39.8 Å². The van der Waals surface area contributed by atoms with Gasteiger partial charge >= 0.3 is 17.9 Å². The lowest BCUT2D eigenvalue weighted by molar-refractivity contribution is -0.175. The Labute approximate surface area is 172 Å². The molecular formula is C22H30O7. The topological polar surface area (TPSA) is 96.0 Å². The molecule has 7 nitrogen and oxygen atoms in total. The number of ketones is 1. The van der Waals surface area contributed by atoms with Gasteiger partial charge in [-0.2, -0.15) is 0 Å². The summed E-state index contributed by atoms with van der Waals surface area (Å²) in [6.45, 7) is 8.26. The summed E-state index contributed by atoms with van der Waals surface area (Å²) in [5.74, 6) is 1.05. The van der Waals surface area contributed by atoms with E-state index in [4.69, 9.17) is 14.2 Å². The lowest BCUT2D eigenvalue weighted by Crippen LogP contribution is -2.47. The van der Waals surface area contributed by atoms with E-state index in [0.717, 1.165) is 0 Å². The van der Waals surface area contributed by atoms with Gasteiger partial charge in [0, 0.05) is 12.3 Å². The smallest absolute Gasteiger partial charge is 0.325 e. The summed E-state index contributed by atoms with van der Waals surface area (Å²) in [5, 5.41) is 0. The lowest BCUT2D eigenvalue weighted by atomic mass is 9.70. The number of Topliss-reactive ketones (excluding diaryl/α,β-unsaturated/α-hetero) is 1. The first-order chi connectivity index (χ1) is 13.8. The minimum Gasteiger partial charge on any atom is -0.465 e. The number of carbonyl (C=O) groups excluding carboxylic acids is 4. The molecule has 1 rings (SSSR count). The third kappa shape index (κ3) is 5.47. The van der Waals surface area contributed by atoms with E-state index < -0.39 is 41.1 Å². The average molecular weight is 406 g/mol. The van der Waals surface area contributed by atoms with Crippen molar-refractivity contribution in [3.05, 3.63) is 12.2 Å². The molecule has 160 valence electrons. The van der Waals surface area contributed by atoms with Gasteiger partial charge in [0.1, 0.15) is 11.7 Å². The third-order valence-corrected chi connectivity index (χ3v) is 4.98. The van der Waals surface area contributed by atoms with Gasteiger partial charge in [-0.15, -0.1) is 11.8 Å². The van der Waals surface area contributed by atoms with E-state index in [0.29, 0.717) is 0 Å². The van der Waals surface area contributed by atoms with Crippen molar-refractivity contribution in [1.29, 1.82) is 0 Å². The van der Waals surface area contributed by atoms with Crippen molar-refractivity contribution in [2.75, 3.05) is 19.8 Å². The highest BCUT2D eigenvalue weighted by atomic mass is 16.6. The molecule has 0 amide bonds. The first-order valence-electron chi connectivity index (χ1n) is 9.89. The number of carbonyl (C=O) groups is 4. The molecule has 0 aromatic carbocycles. The molecule has 0 fully saturated rings. The maximum Gasteiger partial charge on any atom is 0.325 e. The molecule has 0 spiro atoms. The fourth-order valence-corrected chi connectivity index (χ4v) is 3.62. The normalized spacial score (nSPS) is 18.9. The highest BCUT2D eigenvalue weighted by molar-refractivity contribution is 6.01. The first kappa shape index (κ1) is 24.4. The van der Waals surface area contributed by atoms with Crippen molar-refractivity contribution in [1.82, 2.24) is 0 Å². The Bertz CT molecular complexity index is 692. The lowest BCUT2D eigenvalue weighted by Gasteiger charge is -2.33. The summed E-state index contributed by atoms with van der Waals surface area (Å²) >= 11 is 0. The van der Waals surface area contributed by atoms with E-state index in [-0.39, 0.29) is 38.4 Å². The van der Waals surface area contributed by atoms with Crippen LogP contribution in [0, 0.1) is 35.0 Å². The zero-order chi connectivity index (χ0) is 22.0. The minimum atomic E-state index is -1.66. The van der Waals surface area contributed by atoms with Gasteiger partial charge in [-0.1, -0.05) is 12.2 Å². The molecule has 0 N–H and O–H groups in total. The van der Waals surface area contributed by atoms with E-state index in [1.807, 2.05) is 0 Å². The molecule has 0 aromatic rings.